The van der Waals surface area contributed by atoms with Crippen LogP contribution < -0.4 is 4.74 Å². The summed E-state index contributed by atoms with van der Waals surface area (Å²) in [5.74, 6) is 0.787. The van der Waals surface area contributed by atoms with Gasteiger partial charge in [-0.1, -0.05) is 48.0 Å². The van der Waals surface area contributed by atoms with E-state index in [9.17, 15) is 4.79 Å². The van der Waals surface area contributed by atoms with Crippen LogP contribution in [0.3, 0.4) is 0 Å². The molecule has 3 aromatic carbocycles. The molecule has 122 valence electrons. The average Bonchev–Trinajstić information content (AvgIpc) is 2.61. The van der Waals surface area contributed by atoms with Crippen molar-refractivity contribution in [2.24, 2.45) is 0 Å². The molecule has 0 fully saturated rings. The quantitative estimate of drug-likeness (QED) is 0.685. The summed E-state index contributed by atoms with van der Waals surface area (Å²) in [5.41, 5.74) is 1.67. The Labute approximate surface area is 146 Å². The van der Waals surface area contributed by atoms with Crippen molar-refractivity contribution in [2.45, 2.75) is 6.61 Å². The van der Waals surface area contributed by atoms with Crippen LogP contribution in [0.25, 0.3) is 10.8 Å². The summed E-state index contributed by atoms with van der Waals surface area (Å²) in [4.78, 5) is 13.5. The number of benzene rings is 3. The van der Waals surface area contributed by atoms with Gasteiger partial charge >= 0.3 is 0 Å². The second-order valence-electron chi connectivity index (χ2n) is 5.78. The first-order valence-electron chi connectivity index (χ1n) is 7.67. The predicted octanol–water partition coefficient (Wildman–Crippen LogP) is 4.77. The fourth-order valence-corrected chi connectivity index (χ4v) is 2.75. The summed E-state index contributed by atoms with van der Waals surface area (Å²) in [6.07, 6.45) is 0. The van der Waals surface area contributed by atoms with Crippen LogP contribution in [0.15, 0.2) is 60.7 Å². The molecule has 0 saturated carbocycles. The highest BCUT2D eigenvalue weighted by molar-refractivity contribution is 6.35. The van der Waals surface area contributed by atoms with Gasteiger partial charge in [-0.15, -0.1) is 0 Å². The van der Waals surface area contributed by atoms with Crippen molar-refractivity contribution in [1.29, 1.82) is 0 Å². The lowest BCUT2D eigenvalue weighted by Gasteiger charge is -2.12. The van der Waals surface area contributed by atoms with Gasteiger partial charge in [0.1, 0.15) is 12.4 Å². The molecular weight excluding hydrogens is 322 g/mol. The van der Waals surface area contributed by atoms with Gasteiger partial charge < -0.3 is 9.64 Å². The molecule has 0 N–H and O–H groups in total. The molecule has 0 unspecified atom stereocenters. The molecule has 0 saturated heterocycles. The molecule has 1 amide bonds. The molecule has 0 bridgehead atoms. The van der Waals surface area contributed by atoms with Crippen LogP contribution in [0.5, 0.6) is 5.75 Å². The molecule has 0 heterocycles. The first kappa shape index (κ1) is 16.3. The summed E-state index contributed by atoms with van der Waals surface area (Å²) >= 11 is 6.23. The Morgan fingerprint density at radius 3 is 2.29 bits per heavy atom. The van der Waals surface area contributed by atoms with Gasteiger partial charge in [-0.3, -0.25) is 4.79 Å². The van der Waals surface area contributed by atoms with Crippen LogP contribution in [0.1, 0.15) is 15.9 Å². The van der Waals surface area contributed by atoms with E-state index in [1.165, 1.54) is 0 Å². The number of rotatable bonds is 4. The third-order valence-corrected chi connectivity index (χ3v) is 4.16. The maximum atomic E-state index is 11.9. The van der Waals surface area contributed by atoms with Gasteiger partial charge in [0.15, 0.2) is 0 Å². The molecule has 0 atom stereocenters. The Kier molecular flexibility index (Phi) is 4.72. The molecule has 3 aromatic rings. The molecule has 0 aliphatic rings. The van der Waals surface area contributed by atoms with Crippen LogP contribution in [0, 0.1) is 0 Å². The van der Waals surface area contributed by atoms with Crippen molar-refractivity contribution in [3.8, 4) is 5.75 Å². The SMILES string of the molecule is CN(C)C(=O)c1ccc(COc2ccc(Cl)c3ccccc23)cc1. The van der Waals surface area contributed by atoms with E-state index in [0.717, 1.165) is 22.1 Å². The van der Waals surface area contributed by atoms with E-state index in [1.54, 1.807) is 19.0 Å². The molecule has 3 nitrogen and oxygen atoms in total. The lowest BCUT2D eigenvalue weighted by Crippen LogP contribution is -2.21. The fourth-order valence-electron chi connectivity index (χ4n) is 2.52. The van der Waals surface area contributed by atoms with Crippen molar-refractivity contribution >= 4 is 28.3 Å². The minimum atomic E-state index is -0.00818. The molecule has 0 aliphatic carbocycles. The van der Waals surface area contributed by atoms with Gasteiger partial charge in [0.25, 0.3) is 5.91 Å². The number of halogens is 1. The van der Waals surface area contributed by atoms with E-state index in [-0.39, 0.29) is 5.91 Å². The fraction of sp³-hybridized carbons (Fsp3) is 0.150. The monoisotopic (exact) mass is 339 g/mol. The second kappa shape index (κ2) is 6.93. The van der Waals surface area contributed by atoms with Gasteiger partial charge in [0.05, 0.1) is 0 Å². The Morgan fingerprint density at radius 2 is 1.62 bits per heavy atom. The van der Waals surface area contributed by atoms with Crippen LogP contribution in [0.4, 0.5) is 0 Å². The summed E-state index contributed by atoms with van der Waals surface area (Å²) in [6, 6.07) is 19.1. The molecule has 0 spiro atoms. The Morgan fingerprint density at radius 1 is 0.958 bits per heavy atom. The third-order valence-electron chi connectivity index (χ3n) is 3.83. The average molecular weight is 340 g/mol. The standard InChI is InChI=1S/C20H18ClNO2/c1-22(2)20(23)15-9-7-14(8-10-15)13-24-19-12-11-18(21)16-5-3-4-6-17(16)19/h3-12H,13H2,1-2H3. The molecule has 0 aliphatic heterocycles. The molecular formula is C20H18ClNO2. The van der Waals surface area contributed by atoms with E-state index in [2.05, 4.69) is 0 Å². The Balaban J connectivity index is 1.77. The third kappa shape index (κ3) is 3.36. The molecule has 4 heteroatoms. The zero-order chi connectivity index (χ0) is 17.1. The highest BCUT2D eigenvalue weighted by Gasteiger charge is 2.08. The Bertz CT molecular complexity index is 872. The number of nitrogens with zero attached hydrogens (tertiary/aromatic N) is 1. The van der Waals surface area contributed by atoms with E-state index < -0.39 is 0 Å². The second-order valence-corrected chi connectivity index (χ2v) is 6.18. The smallest absolute Gasteiger partial charge is 0.253 e. The lowest BCUT2D eigenvalue weighted by atomic mass is 10.1. The van der Waals surface area contributed by atoms with E-state index in [0.29, 0.717) is 17.2 Å². The van der Waals surface area contributed by atoms with Gasteiger partial charge in [0.2, 0.25) is 0 Å². The first-order chi connectivity index (χ1) is 11.6. The molecule has 3 rings (SSSR count). The van der Waals surface area contributed by atoms with Crippen LogP contribution in [-0.4, -0.2) is 24.9 Å². The van der Waals surface area contributed by atoms with Crippen molar-refractivity contribution in [3.05, 3.63) is 76.8 Å². The zero-order valence-corrected chi connectivity index (χ0v) is 14.4. The predicted molar refractivity (Wildman–Crippen MR) is 97.7 cm³/mol. The normalized spacial score (nSPS) is 10.6. The van der Waals surface area contributed by atoms with E-state index >= 15 is 0 Å². The van der Waals surface area contributed by atoms with Gasteiger partial charge in [-0.2, -0.15) is 0 Å². The number of fused-ring (bicyclic) bond motifs is 1. The Hall–Kier alpha value is -2.52. The van der Waals surface area contributed by atoms with Crippen molar-refractivity contribution in [2.75, 3.05) is 14.1 Å². The number of ether oxygens (including phenoxy) is 1. The van der Waals surface area contributed by atoms with Gasteiger partial charge in [0, 0.05) is 35.5 Å². The van der Waals surface area contributed by atoms with Crippen LogP contribution in [-0.2, 0) is 6.61 Å². The summed E-state index contributed by atoms with van der Waals surface area (Å²) in [5, 5.41) is 2.68. The van der Waals surface area contributed by atoms with E-state index in [1.807, 2.05) is 60.7 Å². The molecule has 24 heavy (non-hydrogen) atoms. The maximum Gasteiger partial charge on any atom is 0.253 e. The van der Waals surface area contributed by atoms with Crippen LogP contribution in [0.2, 0.25) is 5.02 Å². The van der Waals surface area contributed by atoms with Crippen LogP contribution >= 0.6 is 11.6 Å². The number of hydrogen-bond donors (Lipinski definition) is 0. The minimum absolute atomic E-state index is 0.00818. The summed E-state index contributed by atoms with van der Waals surface area (Å²) < 4.78 is 5.95. The highest BCUT2D eigenvalue weighted by atomic mass is 35.5. The van der Waals surface area contributed by atoms with Crippen molar-refractivity contribution in [1.82, 2.24) is 4.90 Å². The number of amides is 1. The van der Waals surface area contributed by atoms with Gasteiger partial charge in [-0.05, 0) is 29.8 Å². The molecule has 0 radical (unpaired) electrons. The van der Waals surface area contributed by atoms with Crippen molar-refractivity contribution < 1.29 is 9.53 Å². The summed E-state index contributed by atoms with van der Waals surface area (Å²) in [7, 11) is 3.48. The van der Waals surface area contributed by atoms with Crippen molar-refractivity contribution in [3.63, 3.8) is 0 Å². The highest BCUT2D eigenvalue weighted by Crippen LogP contribution is 2.31. The topological polar surface area (TPSA) is 29.5 Å². The number of carbonyl (C=O) groups is 1. The minimum Gasteiger partial charge on any atom is -0.488 e. The van der Waals surface area contributed by atoms with Gasteiger partial charge in [-0.25, -0.2) is 0 Å². The van der Waals surface area contributed by atoms with E-state index in [4.69, 9.17) is 16.3 Å². The maximum absolute atomic E-state index is 11.9. The zero-order valence-electron chi connectivity index (χ0n) is 13.6. The number of carbonyl (C=O) groups excluding carboxylic acids is 1. The molecule has 0 aromatic heterocycles. The largest absolute Gasteiger partial charge is 0.488 e. The first-order valence-corrected chi connectivity index (χ1v) is 8.04. The number of hydrogen-bond acceptors (Lipinski definition) is 2. The summed E-state index contributed by atoms with van der Waals surface area (Å²) in [6.45, 7) is 0.433. The lowest BCUT2D eigenvalue weighted by molar-refractivity contribution is 0.0827.